The van der Waals surface area contributed by atoms with Crippen LogP contribution in [0.2, 0.25) is 5.02 Å². The van der Waals surface area contributed by atoms with Crippen molar-refractivity contribution in [2.75, 3.05) is 13.7 Å². The number of aromatic nitrogens is 2. The summed E-state index contributed by atoms with van der Waals surface area (Å²) in [5.74, 6) is 2.15. The van der Waals surface area contributed by atoms with E-state index in [1.165, 1.54) is 0 Å². The van der Waals surface area contributed by atoms with Gasteiger partial charge in [0.25, 0.3) is 5.89 Å². The van der Waals surface area contributed by atoms with Crippen molar-refractivity contribution in [3.63, 3.8) is 0 Å². The number of ether oxygens (including phenoxy) is 1. The standard InChI is InChI=1S/C24H25ClN4O2S/c1-14(2)13-29-15(3)20(21(26-24(29)32)17-6-5-7-18(25)12-17)23-27-22(28-31-23)16-8-10-19(30-4)11-9-16/h5-12,14,21H,13H2,1-4H3,(H,26,32). The van der Waals surface area contributed by atoms with Crippen molar-refractivity contribution in [1.29, 1.82) is 0 Å². The summed E-state index contributed by atoms with van der Waals surface area (Å²) in [6.07, 6.45) is 0. The number of nitrogens with zero attached hydrogens (tertiary/aromatic N) is 3. The van der Waals surface area contributed by atoms with Crippen molar-refractivity contribution >= 4 is 34.5 Å². The second-order valence-corrected chi connectivity index (χ2v) is 8.92. The molecule has 4 rings (SSSR count). The molecule has 0 amide bonds. The van der Waals surface area contributed by atoms with E-state index in [2.05, 4.69) is 29.2 Å². The van der Waals surface area contributed by atoms with Gasteiger partial charge in [0.15, 0.2) is 5.11 Å². The van der Waals surface area contributed by atoms with Crippen molar-refractivity contribution < 1.29 is 9.26 Å². The topological polar surface area (TPSA) is 63.4 Å². The normalized spacial score (nSPS) is 16.5. The van der Waals surface area contributed by atoms with E-state index in [-0.39, 0.29) is 6.04 Å². The predicted octanol–water partition coefficient (Wildman–Crippen LogP) is 5.72. The van der Waals surface area contributed by atoms with Crippen LogP contribution >= 0.6 is 23.8 Å². The minimum atomic E-state index is -0.256. The number of methoxy groups -OCH3 is 1. The van der Waals surface area contributed by atoms with E-state index in [0.29, 0.717) is 27.8 Å². The Balaban J connectivity index is 1.79. The van der Waals surface area contributed by atoms with E-state index in [1.54, 1.807) is 7.11 Å². The van der Waals surface area contributed by atoms with Gasteiger partial charge in [-0.3, -0.25) is 0 Å². The van der Waals surface area contributed by atoms with Gasteiger partial charge in [-0.05, 0) is 67.0 Å². The third kappa shape index (κ3) is 4.49. The van der Waals surface area contributed by atoms with Crippen LogP contribution in [0.3, 0.4) is 0 Å². The fourth-order valence-corrected chi connectivity index (χ4v) is 4.30. The number of allylic oxidation sites excluding steroid dienone is 1. The Kier molecular flexibility index (Phi) is 6.48. The number of hydrogen-bond donors (Lipinski definition) is 1. The van der Waals surface area contributed by atoms with E-state index in [1.807, 2.05) is 55.5 Å². The van der Waals surface area contributed by atoms with Crippen molar-refractivity contribution in [2.24, 2.45) is 5.92 Å². The summed E-state index contributed by atoms with van der Waals surface area (Å²) >= 11 is 12.0. The summed E-state index contributed by atoms with van der Waals surface area (Å²) in [5, 5.41) is 9.01. The van der Waals surface area contributed by atoms with Crippen molar-refractivity contribution in [3.05, 3.63) is 70.7 Å². The van der Waals surface area contributed by atoms with Gasteiger partial charge >= 0.3 is 0 Å². The maximum atomic E-state index is 6.29. The number of hydrogen-bond acceptors (Lipinski definition) is 5. The fraction of sp³-hybridized carbons (Fsp3) is 0.292. The van der Waals surface area contributed by atoms with Gasteiger partial charge in [-0.1, -0.05) is 42.7 Å². The number of halogens is 1. The molecule has 2 aromatic carbocycles. The lowest BCUT2D eigenvalue weighted by Crippen LogP contribution is -2.47. The van der Waals surface area contributed by atoms with Crippen molar-refractivity contribution in [2.45, 2.75) is 26.8 Å². The third-order valence-corrected chi connectivity index (χ3v) is 5.90. The Morgan fingerprint density at radius 1 is 1.22 bits per heavy atom. The first-order chi connectivity index (χ1) is 15.4. The summed E-state index contributed by atoms with van der Waals surface area (Å²) in [4.78, 5) is 6.82. The maximum Gasteiger partial charge on any atom is 0.258 e. The molecule has 0 bridgehead atoms. The van der Waals surface area contributed by atoms with Gasteiger partial charge in [0.05, 0.1) is 18.7 Å². The first kappa shape index (κ1) is 22.3. The Morgan fingerprint density at radius 2 is 1.97 bits per heavy atom. The first-order valence-corrected chi connectivity index (χ1v) is 11.2. The highest BCUT2D eigenvalue weighted by atomic mass is 35.5. The highest BCUT2D eigenvalue weighted by Crippen LogP contribution is 2.38. The molecular formula is C24H25ClN4O2S. The molecule has 0 aliphatic carbocycles. The lowest BCUT2D eigenvalue weighted by atomic mass is 9.94. The zero-order valence-electron chi connectivity index (χ0n) is 18.4. The molecule has 1 aromatic heterocycles. The molecule has 6 nitrogen and oxygen atoms in total. The molecule has 1 N–H and O–H groups in total. The molecule has 0 saturated carbocycles. The van der Waals surface area contributed by atoms with Gasteiger partial charge in [0.2, 0.25) is 5.82 Å². The molecule has 1 aliphatic heterocycles. The highest BCUT2D eigenvalue weighted by molar-refractivity contribution is 7.80. The Bertz CT molecular complexity index is 1160. The van der Waals surface area contributed by atoms with Crippen LogP contribution < -0.4 is 10.1 Å². The van der Waals surface area contributed by atoms with Crippen LogP contribution in [0.15, 0.2) is 58.8 Å². The van der Waals surface area contributed by atoms with E-state index in [0.717, 1.165) is 34.7 Å². The second kappa shape index (κ2) is 9.30. The van der Waals surface area contributed by atoms with Crippen LogP contribution in [0.25, 0.3) is 17.0 Å². The van der Waals surface area contributed by atoms with E-state index < -0.39 is 0 Å². The zero-order chi connectivity index (χ0) is 22.8. The predicted molar refractivity (Wildman–Crippen MR) is 130 cm³/mol. The third-order valence-electron chi connectivity index (χ3n) is 5.33. The lowest BCUT2D eigenvalue weighted by Gasteiger charge is -2.38. The SMILES string of the molecule is COc1ccc(-c2noc(C3=C(C)N(CC(C)C)C(=S)NC3c3cccc(Cl)c3)n2)cc1. The van der Waals surface area contributed by atoms with Gasteiger partial charge in [0.1, 0.15) is 5.75 Å². The number of benzene rings is 2. The number of rotatable bonds is 6. The van der Waals surface area contributed by atoms with Crippen LogP contribution in [0.5, 0.6) is 5.75 Å². The largest absolute Gasteiger partial charge is 0.497 e. The summed E-state index contributed by atoms with van der Waals surface area (Å²) in [6, 6.07) is 15.0. The molecule has 3 aromatic rings. The monoisotopic (exact) mass is 468 g/mol. The Morgan fingerprint density at radius 3 is 2.62 bits per heavy atom. The van der Waals surface area contributed by atoms with Crippen molar-refractivity contribution in [3.8, 4) is 17.1 Å². The van der Waals surface area contributed by atoms with Crippen molar-refractivity contribution in [1.82, 2.24) is 20.4 Å². The van der Waals surface area contributed by atoms with Gasteiger partial charge < -0.3 is 19.5 Å². The van der Waals surface area contributed by atoms with Crippen LogP contribution in [-0.4, -0.2) is 33.8 Å². The quantitative estimate of drug-likeness (QED) is 0.464. The van der Waals surface area contributed by atoms with E-state index >= 15 is 0 Å². The summed E-state index contributed by atoms with van der Waals surface area (Å²) in [7, 11) is 1.64. The highest BCUT2D eigenvalue weighted by Gasteiger charge is 2.34. The zero-order valence-corrected chi connectivity index (χ0v) is 20.0. The summed E-state index contributed by atoms with van der Waals surface area (Å²) in [5.41, 5.74) is 3.69. The molecule has 166 valence electrons. The molecule has 0 fully saturated rings. The first-order valence-electron chi connectivity index (χ1n) is 10.4. The van der Waals surface area contributed by atoms with E-state index in [9.17, 15) is 0 Å². The average molecular weight is 469 g/mol. The summed E-state index contributed by atoms with van der Waals surface area (Å²) < 4.78 is 11.0. The maximum absolute atomic E-state index is 6.29. The Labute approximate surface area is 198 Å². The smallest absolute Gasteiger partial charge is 0.258 e. The second-order valence-electron chi connectivity index (χ2n) is 8.09. The van der Waals surface area contributed by atoms with Gasteiger partial charge in [0, 0.05) is 22.8 Å². The van der Waals surface area contributed by atoms with Gasteiger partial charge in [-0.15, -0.1) is 0 Å². The number of thiocarbonyl (C=S) groups is 1. The molecule has 2 heterocycles. The molecule has 32 heavy (non-hydrogen) atoms. The van der Waals surface area contributed by atoms with E-state index in [4.69, 9.17) is 38.1 Å². The molecule has 8 heteroatoms. The average Bonchev–Trinajstić information content (AvgIpc) is 3.26. The fourth-order valence-electron chi connectivity index (χ4n) is 3.77. The molecule has 1 unspecified atom stereocenters. The van der Waals surface area contributed by atoms with Crippen LogP contribution in [0.4, 0.5) is 0 Å². The molecule has 0 saturated heterocycles. The number of nitrogens with one attached hydrogen (secondary N) is 1. The van der Waals surface area contributed by atoms with Crippen LogP contribution in [-0.2, 0) is 0 Å². The molecule has 0 spiro atoms. The molecule has 1 atom stereocenters. The van der Waals surface area contributed by atoms with Gasteiger partial charge in [-0.25, -0.2) is 0 Å². The minimum Gasteiger partial charge on any atom is -0.497 e. The Hall–Kier alpha value is -2.90. The lowest BCUT2D eigenvalue weighted by molar-refractivity contribution is 0.386. The molecular weight excluding hydrogens is 444 g/mol. The molecule has 1 aliphatic rings. The molecule has 0 radical (unpaired) electrons. The van der Waals surface area contributed by atoms with Crippen LogP contribution in [0.1, 0.15) is 38.3 Å². The van der Waals surface area contributed by atoms with Crippen LogP contribution in [0, 0.1) is 5.92 Å². The minimum absolute atomic E-state index is 0.256. The summed E-state index contributed by atoms with van der Waals surface area (Å²) in [6.45, 7) is 7.14. The van der Waals surface area contributed by atoms with Gasteiger partial charge in [-0.2, -0.15) is 4.98 Å².